The van der Waals surface area contributed by atoms with E-state index in [1.54, 1.807) is 13.2 Å². The van der Waals surface area contributed by atoms with Crippen LogP contribution < -0.4 is 10.3 Å². The van der Waals surface area contributed by atoms with Gasteiger partial charge in [0.15, 0.2) is 17.3 Å². The molecule has 0 N–H and O–H groups in total. The number of halogens is 4. The monoisotopic (exact) mass is 437 g/mol. The first-order chi connectivity index (χ1) is 14.1. The highest BCUT2D eigenvalue weighted by molar-refractivity contribution is 6.67. The zero-order valence-electron chi connectivity index (χ0n) is 15.9. The molecule has 0 saturated carbocycles. The first-order valence-electron chi connectivity index (χ1n) is 8.85. The molecule has 1 aromatic carbocycles. The minimum Gasteiger partial charge on any atom is -0.375 e. The van der Waals surface area contributed by atoms with Gasteiger partial charge in [0, 0.05) is 38.5 Å². The van der Waals surface area contributed by atoms with Crippen molar-refractivity contribution in [3.8, 4) is 5.69 Å². The molecule has 1 aliphatic rings. The van der Waals surface area contributed by atoms with Gasteiger partial charge in [0.2, 0.25) is 5.43 Å². The molecule has 3 heterocycles. The molecule has 3 aromatic rings. The lowest BCUT2D eigenvalue weighted by Crippen LogP contribution is -2.61. The van der Waals surface area contributed by atoms with Crippen LogP contribution in [-0.2, 0) is 4.74 Å². The summed E-state index contributed by atoms with van der Waals surface area (Å²) in [6.45, 7) is 2.95. The van der Waals surface area contributed by atoms with Gasteiger partial charge in [-0.05, 0) is 30.7 Å². The lowest BCUT2D eigenvalue weighted by molar-refractivity contribution is -0.0171. The van der Waals surface area contributed by atoms with Crippen LogP contribution in [0.2, 0.25) is 0 Å². The number of methoxy groups -OCH3 is 1. The van der Waals surface area contributed by atoms with Crippen LogP contribution in [0.4, 0.5) is 19.0 Å². The summed E-state index contributed by atoms with van der Waals surface area (Å²) in [5.41, 5.74) is -2.36. The van der Waals surface area contributed by atoms with Crippen molar-refractivity contribution < 1.29 is 22.7 Å². The van der Waals surface area contributed by atoms with Crippen LogP contribution >= 0.6 is 11.6 Å². The van der Waals surface area contributed by atoms with Gasteiger partial charge in [0.05, 0.1) is 16.6 Å². The average molecular weight is 438 g/mol. The minimum absolute atomic E-state index is 0.0663. The van der Waals surface area contributed by atoms with Crippen LogP contribution in [0.1, 0.15) is 17.3 Å². The standard InChI is InChI=1S/C20H15ClF3N3O3/c1-20(30-2)8-26(9-20)15-4-3-11-17(28)12(18(21)29)7-27(19(11)25-15)16-13(23)5-10(22)6-14(16)24/h3-7H,8-9H2,1-2H3. The van der Waals surface area contributed by atoms with Crippen LogP contribution in [0.15, 0.2) is 35.3 Å². The molecule has 156 valence electrons. The Kier molecular flexibility index (Phi) is 4.82. The average Bonchev–Trinajstić information content (AvgIpc) is 2.65. The minimum atomic E-state index is -1.23. The predicted molar refractivity (Wildman–Crippen MR) is 105 cm³/mol. The Balaban J connectivity index is 1.98. The van der Waals surface area contributed by atoms with E-state index in [4.69, 9.17) is 16.3 Å². The van der Waals surface area contributed by atoms with Crippen molar-refractivity contribution in [2.45, 2.75) is 12.5 Å². The van der Waals surface area contributed by atoms with Gasteiger partial charge < -0.3 is 9.64 Å². The summed E-state index contributed by atoms with van der Waals surface area (Å²) in [6, 6.07) is 3.95. The van der Waals surface area contributed by atoms with Crippen molar-refractivity contribution in [3.05, 3.63) is 63.7 Å². The summed E-state index contributed by atoms with van der Waals surface area (Å²) in [5, 5.41) is -1.16. The van der Waals surface area contributed by atoms with Gasteiger partial charge in [-0.25, -0.2) is 18.2 Å². The molecule has 0 aliphatic carbocycles. The molecule has 0 atom stereocenters. The van der Waals surface area contributed by atoms with Crippen LogP contribution in [0.5, 0.6) is 0 Å². The molecule has 4 rings (SSSR count). The largest absolute Gasteiger partial charge is 0.375 e. The zero-order chi connectivity index (χ0) is 21.8. The van der Waals surface area contributed by atoms with E-state index >= 15 is 0 Å². The van der Waals surface area contributed by atoms with Gasteiger partial charge in [-0.3, -0.25) is 14.2 Å². The van der Waals surface area contributed by atoms with Gasteiger partial charge >= 0.3 is 0 Å². The third-order valence-electron chi connectivity index (χ3n) is 5.14. The van der Waals surface area contributed by atoms with Crippen molar-refractivity contribution in [3.63, 3.8) is 0 Å². The summed E-state index contributed by atoms with van der Waals surface area (Å²) in [5.74, 6) is -3.12. The number of carbonyl (C=O) groups excluding carboxylic acids is 1. The molecule has 0 unspecified atom stereocenters. The van der Waals surface area contributed by atoms with Gasteiger partial charge in [0.1, 0.15) is 17.3 Å². The first kappa shape index (κ1) is 20.4. The Morgan fingerprint density at radius 3 is 2.40 bits per heavy atom. The maximum atomic E-state index is 14.5. The molecule has 1 aliphatic heterocycles. The summed E-state index contributed by atoms with van der Waals surface area (Å²) in [6.07, 6.45) is 0.908. The Morgan fingerprint density at radius 1 is 1.20 bits per heavy atom. The Bertz CT molecular complexity index is 1230. The summed E-state index contributed by atoms with van der Waals surface area (Å²) in [7, 11) is 1.59. The van der Waals surface area contributed by atoms with Crippen LogP contribution in [0, 0.1) is 17.5 Å². The molecule has 2 aromatic heterocycles. The molecule has 0 amide bonds. The fourth-order valence-electron chi connectivity index (χ4n) is 3.50. The second-order valence-electron chi connectivity index (χ2n) is 7.28. The Morgan fingerprint density at radius 2 is 1.83 bits per heavy atom. The summed E-state index contributed by atoms with van der Waals surface area (Å²) in [4.78, 5) is 30.6. The molecular formula is C20H15ClF3N3O3. The van der Waals surface area contributed by atoms with Crippen molar-refractivity contribution in [1.82, 2.24) is 9.55 Å². The Hall–Kier alpha value is -2.91. The van der Waals surface area contributed by atoms with Crippen LogP contribution in [0.3, 0.4) is 0 Å². The quantitative estimate of drug-likeness (QED) is 0.585. The van der Waals surface area contributed by atoms with E-state index in [9.17, 15) is 22.8 Å². The van der Waals surface area contributed by atoms with E-state index in [1.807, 2.05) is 11.8 Å². The van der Waals surface area contributed by atoms with E-state index in [-0.39, 0.29) is 16.6 Å². The number of hydrogen-bond acceptors (Lipinski definition) is 5. The maximum absolute atomic E-state index is 14.5. The first-order valence-corrected chi connectivity index (χ1v) is 9.22. The normalized spacial score (nSPS) is 15.3. The van der Waals surface area contributed by atoms with Gasteiger partial charge in [0.25, 0.3) is 5.24 Å². The van der Waals surface area contributed by atoms with E-state index < -0.39 is 39.4 Å². The smallest absolute Gasteiger partial charge is 0.257 e. The highest BCUT2D eigenvalue weighted by atomic mass is 35.5. The summed E-state index contributed by atoms with van der Waals surface area (Å²) >= 11 is 5.49. The van der Waals surface area contributed by atoms with Gasteiger partial charge in [-0.1, -0.05) is 0 Å². The number of benzene rings is 1. The topological polar surface area (TPSA) is 64.4 Å². The van der Waals surface area contributed by atoms with Crippen molar-refractivity contribution in [2.24, 2.45) is 0 Å². The van der Waals surface area contributed by atoms with E-state index in [2.05, 4.69) is 4.98 Å². The van der Waals surface area contributed by atoms with E-state index in [0.717, 1.165) is 10.8 Å². The third kappa shape index (κ3) is 3.23. The zero-order valence-corrected chi connectivity index (χ0v) is 16.6. The SMILES string of the molecule is COC1(C)CN(c2ccc3c(=O)c(C(=O)Cl)cn(-c4c(F)cc(F)cc4F)c3n2)C1. The maximum Gasteiger partial charge on any atom is 0.257 e. The molecular weight excluding hydrogens is 423 g/mol. The second-order valence-corrected chi connectivity index (χ2v) is 7.63. The van der Waals surface area contributed by atoms with Crippen molar-refractivity contribution >= 4 is 33.7 Å². The Labute approximate surface area is 173 Å². The number of aromatic nitrogens is 2. The molecule has 1 saturated heterocycles. The van der Waals surface area contributed by atoms with Crippen LogP contribution in [-0.4, -0.2) is 40.6 Å². The fourth-order valence-corrected chi connectivity index (χ4v) is 3.63. The number of carbonyl (C=O) groups is 1. The van der Waals surface area contributed by atoms with Gasteiger partial charge in [-0.2, -0.15) is 0 Å². The molecule has 1 fully saturated rings. The van der Waals surface area contributed by atoms with Gasteiger partial charge in [-0.15, -0.1) is 0 Å². The fraction of sp³-hybridized carbons (Fsp3) is 0.250. The number of ether oxygens (including phenoxy) is 1. The highest BCUT2D eigenvalue weighted by Crippen LogP contribution is 2.30. The third-order valence-corrected chi connectivity index (χ3v) is 5.34. The molecule has 30 heavy (non-hydrogen) atoms. The molecule has 0 spiro atoms. The van der Waals surface area contributed by atoms with Crippen molar-refractivity contribution in [1.29, 1.82) is 0 Å². The van der Waals surface area contributed by atoms with E-state index in [1.165, 1.54) is 6.07 Å². The molecule has 10 heteroatoms. The predicted octanol–water partition coefficient (Wildman–Crippen LogP) is 3.41. The second kappa shape index (κ2) is 7.10. The van der Waals surface area contributed by atoms with Crippen molar-refractivity contribution in [2.75, 3.05) is 25.1 Å². The summed E-state index contributed by atoms with van der Waals surface area (Å²) < 4.78 is 48.7. The number of nitrogens with zero attached hydrogens (tertiary/aromatic N) is 3. The number of anilines is 1. The lowest BCUT2D eigenvalue weighted by Gasteiger charge is -2.47. The molecule has 0 bridgehead atoms. The number of rotatable bonds is 4. The number of hydrogen-bond donors (Lipinski definition) is 0. The van der Waals surface area contributed by atoms with E-state index in [0.29, 0.717) is 31.0 Å². The lowest BCUT2D eigenvalue weighted by atomic mass is 9.96. The molecule has 0 radical (unpaired) electrons. The number of fused-ring (bicyclic) bond motifs is 1. The van der Waals surface area contributed by atoms with Crippen LogP contribution in [0.25, 0.3) is 16.7 Å². The highest BCUT2D eigenvalue weighted by Gasteiger charge is 2.39. The number of pyridine rings is 2. The molecule has 6 nitrogen and oxygen atoms in total.